The first-order valence-corrected chi connectivity index (χ1v) is 9.47. The summed E-state index contributed by atoms with van der Waals surface area (Å²) in [6.45, 7) is 3.35. The Morgan fingerprint density at radius 3 is 2.23 bits per heavy atom. The molecule has 0 saturated heterocycles. The Hall–Kier alpha value is -3.68. The molecular weight excluding hydrogens is 404 g/mol. The summed E-state index contributed by atoms with van der Waals surface area (Å²) in [5.41, 5.74) is -0.542. The van der Waals surface area contributed by atoms with Gasteiger partial charge in [-0.3, -0.25) is 0 Å². The molecule has 0 unspecified atom stereocenters. The topological polar surface area (TPSA) is 101 Å². The van der Waals surface area contributed by atoms with Gasteiger partial charge in [0.25, 0.3) is 0 Å². The molecule has 0 amide bonds. The monoisotopic (exact) mass is 430 g/mol. The Balaban J connectivity index is 1.86. The zero-order valence-electron chi connectivity index (χ0n) is 17.9. The second kappa shape index (κ2) is 10.9. The van der Waals surface area contributed by atoms with Crippen LogP contribution in [0.25, 0.3) is 6.08 Å². The summed E-state index contributed by atoms with van der Waals surface area (Å²) in [5.74, 6) is 0.502. The number of aliphatic carboxylic acids is 1. The summed E-state index contributed by atoms with van der Waals surface area (Å²) in [5, 5.41) is 8.71. The Morgan fingerprint density at radius 1 is 0.935 bits per heavy atom. The van der Waals surface area contributed by atoms with Crippen molar-refractivity contribution in [2.45, 2.75) is 19.4 Å². The van der Waals surface area contributed by atoms with E-state index in [0.717, 1.165) is 6.08 Å². The van der Waals surface area contributed by atoms with Gasteiger partial charge in [-0.25, -0.2) is 9.59 Å². The fourth-order valence-corrected chi connectivity index (χ4v) is 2.51. The molecule has 1 N–H and O–H groups in total. The third-order valence-electron chi connectivity index (χ3n) is 4.10. The van der Waals surface area contributed by atoms with E-state index in [1.54, 1.807) is 63.4 Å². The lowest BCUT2D eigenvalue weighted by atomic mass is 10.1. The third-order valence-corrected chi connectivity index (χ3v) is 4.10. The van der Waals surface area contributed by atoms with Crippen molar-refractivity contribution in [3.63, 3.8) is 0 Å². The summed E-state index contributed by atoms with van der Waals surface area (Å²) < 4.78 is 27.0. The maximum Gasteiger partial charge on any atom is 0.350 e. The first kappa shape index (κ1) is 23.6. The summed E-state index contributed by atoms with van der Waals surface area (Å²) in [6.07, 6.45) is 2.48. The van der Waals surface area contributed by atoms with E-state index < -0.39 is 17.5 Å². The number of carbonyl (C=O) groups excluding carboxylic acids is 1. The van der Waals surface area contributed by atoms with Crippen LogP contribution in [0.1, 0.15) is 19.4 Å². The molecule has 8 heteroatoms. The molecule has 0 bridgehead atoms. The molecule has 2 aromatic carbocycles. The minimum atomic E-state index is -1.19. The smallest absolute Gasteiger partial charge is 0.350 e. The number of hydrogen-bond donors (Lipinski definition) is 1. The van der Waals surface area contributed by atoms with Crippen molar-refractivity contribution in [3.05, 3.63) is 54.1 Å². The quantitative estimate of drug-likeness (QED) is 0.328. The molecule has 0 atom stereocenters. The maximum atomic E-state index is 12.4. The molecule has 0 saturated carbocycles. The summed E-state index contributed by atoms with van der Waals surface area (Å²) in [4.78, 5) is 23.0. The van der Waals surface area contributed by atoms with Crippen molar-refractivity contribution < 1.29 is 38.4 Å². The average Bonchev–Trinajstić information content (AvgIpc) is 2.75. The molecule has 0 aliphatic carbocycles. The lowest BCUT2D eigenvalue weighted by Gasteiger charge is -2.24. The van der Waals surface area contributed by atoms with Crippen LogP contribution < -0.4 is 18.9 Å². The normalized spacial score (nSPS) is 11.1. The molecular formula is C23H26O8. The predicted molar refractivity (Wildman–Crippen MR) is 114 cm³/mol. The van der Waals surface area contributed by atoms with E-state index in [1.165, 1.54) is 13.2 Å². The van der Waals surface area contributed by atoms with Gasteiger partial charge in [-0.1, -0.05) is 6.07 Å². The summed E-state index contributed by atoms with van der Waals surface area (Å²) in [7, 11) is 3.05. The number of carboxylic acids is 1. The Kier molecular flexibility index (Phi) is 8.31. The minimum absolute atomic E-state index is 0.0120. The van der Waals surface area contributed by atoms with Gasteiger partial charge in [-0.15, -0.1) is 0 Å². The van der Waals surface area contributed by atoms with Crippen LogP contribution in [0.5, 0.6) is 23.0 Å². The number of hydrogen-bond acceptors (Lipinski definition) is 7. The Labute approximate surface area is 180 Å². The van der Waals surface area contributed by atoms with Gasteiger partial charge >= 0.3 is 11.9 Å². The van der Waals surface area contributed by atoms with Gasteiger partial charge in [-0.05, 0) is 61.9 Å². The number of rotatable bonds is 11. The Bertz CT molecular complexity index is 916. The van der Waals surface area contributed by atoms with Crippen molar-refractivity contribution in [1.29, 1.82) is 0 Å². The predicted octanol–water partition coefficient (Wildman–Crippen LogP) is 3.58. The van der Waals surface area contributed by atoms with Crippen LogP contribution in [0.3, 0.4) is 0 Å². The molecule has 0 aliphatic rings. The van der Waals surface area contributed by atoms with Crippen molar-refractivity contribution in [2.24, 2.45) is 0 Å². The van der Waals surface area contributed by atoms with E-state index in [0.29, 0.717) is 28.6 Å². The molecule has 2 rings (SSSR count). The molecule has 0 spiro atoms. The van der Waals surface area contributed by atoms with Crippen LogP contribution in [-0.4, -0.2) is 50.1 Å². The van der Waals surface area contributed by atoms with Gasteiger partial charge in [0.2, 0.25) is 0 Å². The van der Waals surface area contributed by atoms with Gasteiger partial charge in [0.05, 0.1) is 14.2 Å². The van der Waals surface area contributed by atoms with Gasteiger partial charge < -0.3 is 28.8 Å². The largest absolute Gasteiger partial charge is 0.497 e. The first-order chi connectivity index (χ1) is 14.7. The van der Waals surface area contributed by atoms with Gasteiger partial charge in [0, 0.05) is 6.08 Å². The average molecular weight is 430 g/mol. The van der Waals surface area contributed by atoms with E-state index >= 15 is 0 Å². The highest BCUT2D eigenvalue weighted by molar-refractivity contribution is 5.85. The van der Waals surface area contributed by atoms with Crippen LogP contribution in [0.4, 0.5) is 0 Å². The Morgan fingerprint density at radius 2 is 1.61 bits per heavy atom. The SMILES string of the molecule is COc1ccc(OC(C)(C)C(=O)OCCOc2ccc(/C=C/C(=O)O)cc2OC)cc1. The van der Waals surface area contributed by atoms with Crippen molar-refractivity contribution in [1.82, 2.24) is 0 Å². The number of benzene rings is 2. The molecule has 0 radical (unpaired) electrons. The summed E-state index contributed by atoms with van der Waals surface area (Å²) in [6, 6.07) is 11.9. The standard InChI is InChI=1S/C23H26O8/c1-23(2,31-18-9-7-17(27-3)8-10-18)22(26)30-14-13-29-19-11-5-16(6-12-21(24)25)15-20(19)28-4/h5-12,15H,13-14H2,1-4H3,(H,24,25)/b12-6+. The highest BCUT2D eigenvalue weighted by Gasteiger charge is 2.31. The molecule has 0 aromatic heterocycles. The molecule has 0 aliphatic heterocycles. The second-order valence-corrected chi connectivity index (χ2v) is 6.85. The number of ether oxygens (including phenoxy) is 5. The highest BCUT2D eigenvalue weighted by atomic mass is 16.6. The number of carboxylic acid groups (broad SMARTS) is 1. The minimum Gasteiger partial charge on any atom is -0.497 e. The molecule has 166 valence electrons. The van der Waals surface area contributed by atoms with Crippen molar-refractivity contribution in [2.75, 3.05) is 27.4 Å². The third kappa shape index (κ3) is 7.26. The fraction of sp³-hybridized carbons (Fsp3) is 0.304. The van der Waals surface area contributed by atoms with Crippen LogP contribution in [0, 0.1) is 0 Å². The number of esters is 1. The van der Waals surface area contributed by atoms with Gasteiger partial charge in [-0.2, -0.15) is 0 Å². The van der Waals surface area contributed by atoms with Crippen LogP contribution in [-0.2, 0) is 14.3 Å². The van der Waals surface area contributed by atoms with Crippen LogP contribution in [0.2, 0.25) is 0 Å². The maximum absolute atomic E-state index is 12.4. The van der Waals surface area contributed by atoms with Crippen LogP contribution in [0.15, 0.2) is 48.5 Å². The lowest BCUT2D eigenvalue weighted by Crippen LogP contribution is -2.40. The lowest BCUT2D eigenvalue weighted by molar-refractivity contribution is -0.160. The summed E-state index contributed by atoms with van der Waals surface area (Å²) >= 11 is 0. The molecule has 2 aromatic rings. The van der Waals surface area contributed by atoms with E-state index in [-0.39, 0.29) is 13.2 Å². The first-order valence-electron chi connectivity index (χ1n) is 9.47. The molecule has 8 nitrogen and oxygen atoms in total. The van der Waals surface area contributed by atoms with Crippen LogP contribution >= 0.6 is 0 Å². The van der Waals surface area contributed by atoms with Gasteiger partial charge in [0.1, 0.15) is 24.7 Å². The number of carbonyl (C=O) groups is 2. The number of methoxy groups -OCH3 is 2. The zero-order valence-corrected chi connectivity index (χ0v) is 17.9. The van der Waals surface area contributed by atoms with E-state index in [1.807, 2.05) is 0 Å². The van der Waals surface area contributed by atoms with Crippen molar-refractivity contribution >= 4 is 18.0 Å². The highest BCUT2D eigenvalue weighted by Crippen LogP contribution is 2.28. The molecule has 0 heterocycles. The molecule has 0 fully saturated rings. The zero-order chi connectivity index (χ0) is 22.9. The second-order valence-electron chi connectivity index (χ2n) is 6.85. The van der Waals surface area contributed by atoms with E-state index in [2.05, 4.69) is 0 Å². The van der Waals surface area contributed by atoms with E-state index in [9.17, 15) is 9.59 Å². The van der Waals surface area contributed by atoms with Crippen molar-refractivity contribution in [3.8, 4) is 23.0 Å². The fourth-order valence-electron chi connectivity index (χ4n) is 2.51. The van der Waals surface area contributed by atoms with Gasteiger partial charge in [0.15, 0.2) is 17.1 Å². The molecule has 31 heavy (non-hydrogen) atoms. The van der Waals surface area contributed by atoms with E-state index in [4.69, 9.17) is 28.8 Å².